The molecule has 1 amide bonds. The molecule has 0 fully saturated rings. The van der Waals surface area contributed by atoms with Crippen LogP contribution in [0.4, 0.5) is 0 Å². The number of hydrogen-bond donors (Lipinski definition) is 1. The number of rotatable bonds is 6. The zero-order valence-electron chi connectivity index (χ0n) is 13.4. The normalized spacial score (nSPS) is 11.7. The third-order valence-corrected chi connectivity index (χ3v) is 4.58. The van der Waals surface area contributed by atoms with E-state index < -0.39 is 0 Å². The average Bonchev–Trinajstić information content (AvgIpc) is 2.59. The standard InChI is InChI=1S/C18H20INO3/c1-4-15(12-9-10-16(22-2)17(11-12)23-3)20-18(21)13-7-5-6-8-14(13)19/h5-11,15H,4H2,1-3H3,(H,20,21)/t15-/m1/s1. The lowest BCUT2D eigenvalue weighted by Gasteiger charge is -2.19. The number of benzene rings is 2. The van der Waals surface area contributed by atoms with Crippen LogP contribution in [-0.4, -0.2) is 20.1 Å². The molecule has 2 aromatic carbocycles. The van der Waals surface area contributed by atoms with Gasteiger partial charge in [-0.2, -0.15) is 0 Å². The lowest BCUT2D eigenvalue weighted by atomic mass is 10.0. The van der Waals surface area contributed by atoms with Crippen molar-refractivity contribution in [3.05, 3.63) is 57.2 Å². The summed E-state index contributed by atoms with van der Waals surface area (Å²) in [6.45, 7) is 2.04. The number of carbonyl (C=O) groups excluding carboxylic acids is 1. The Kier molecular flexibility index (Phi) is 6.27. The lowest BCUT2D eigenvalue weighted by Crippen LogP contribution is -2.28. The van der Waals surface area contributed by atoms with Gasteiger partial charge in [0, 0.05) is 3.57 Å². The van der Waals surface area contributed by atoms with Crippen molar-refractivity contribution in [2.75, 3.05) is 14.2 Å². The van der Waals surface area contributed by atoms with Gasteiger partial charge < -0.3 is 14.8 Å². The SMILES string of the molecule is CC[C@@H](NC(=O)c1ccccc1I)c1ccc(OC)c(OC)c1. The predicted octanol–water partition coefficient (Wildman–Crippen LogP) is 4.19. The number of hydrogen-bond acceptors (Lipinski definition) is 3. The van der Waals surface area contributed by atoms with E-state index in [9.17, 15) is 4.79 Å². The van der Waals surface area contributed by atoms with Crippen molar-refractivity contribution >= 4 is 28.5 Å². The van der Waals surface area contributed by atoms with Crippen molar-refractivity contribution < 1.29 is 14.3 Å². The molecular formula is C18H20INO3. The Bertz CT molecular complexity index is 688. The number of nitrogens with one attached hydrogen (secondary N) is 1. The van der Waals surface area contributed by atoms with E-state index in [1.165, 1.54) is 0 Å². The fourth-order valence-corrected chi connectivity index (χ4v) is 3.00. The van der Waals surface area contributed by atoms with Crippen molar-refractivity contribution in [2.24, 2.45) is 0 Å². The highest BCUT2D eigenvalue weighted by atomic mass is 127. The van der Waals surface area contributed by atoms with Gasteiger partial charge in [-0.15, -0.1) is 0 Å². The minimum Gasteiger partial charge on any atom is -0.493 e. The summed E-state index contributed by atoms with van der Waals surface area (Å²) in [6, 6.07) is 13.2. The van der Waals surface area contributed by atoms with Crippen LogP contribution >= 0.6 is 22.6 Å². The molecule has 0 radical (unpaired) electrons. The Morgan fingerprint density at radius 2 is 1.83 bits per heavy atom. The van der Waals surface area contributed by atoms with Crippen LogP contribution in [0.5, 0.6) is 11.5 Å². The molecule has 23 heavy (non-hydrogen) atoms. The van der Waals surface area contributed by atoms with Gasteiger partial charge in [-0.1, -0.05) is 25.1 Å². The summed E-state index contributed by atoms with van der Waals surface area (Å²) in [4.78, 5) is 12.5. The first-order chi connectivity index (χ1) is 11.1. The van der Waals surface area contributed by atoms with Gasteiger partial charge in [0.25, 0.3) is 5.91 Å². The van der Waals surface area contributed by atoms with E-state index in [1.54, 1.807) is 14.2 Å². The second-order valence-electron chi connectivity index (χ2n) is 5.03. The van der Waals surface area contributed by atoms with Crippen LogP contribution in [0.15, 0.2) is 42.5 Å². The van der Waals surface area contributed by atoms with E-state index in [4.69, 9.17) is 9.47 Å². The molecule has 0 aliphatic heterocycles. The smallest absolute Gasteiger partial charge is 0.252 e. The van der Waals surface area contributed by atoms with E-state index in [1.807, 2.05) is 49.4 Å². The summed E-state index contributed by atoms with van der Waals surface area (Å²) in [7, 11) is 3.21. The summed E-state index contributed by atoms with van der Waals surface area (Å²) >= 11 is 2.17. The Morgan fingerprint density at radius 3 is 2.43 bits per heavy atom. The van der Waals surface area contributed by atoms with Crippen LogP contribution in [0.3, 0.4) is 0 Å². The van der Waals surface area contributed by atoms with Gasteiger partial charge in [0.2, 0.25) is 0 Å². The highest BCUT2D eigenvalue weighted by molar-refractivity contribution is 14.1. The molecule has 0 aromatic heterocycles. The maximum Gasteiger partial charge on any atom is 0.252 e. The molecule has 2 rings (SSSR count). The first-order valence-corrected chi connectivity index (χ1v) is 8.45. The molecule has 2 aromatic rings. The number of amides is 1. The third-order valence-electron chi connectivity index (χ3n) is 3.64. The molecule has 4 nitrogen and oxygen atoms in total. The maximum absolute atomic E-state index is 12.5. The Labute approximate surface area is 150 Å². The molecular weight excluding hydrogens is 405 g/mol. The molecule has 1 N–H and O–H groups in total. The molecule has 0 saturated heterocycles. The highest BCUT2D eigenvalue weighted by Gasteiger charge is 2.17. The van der Waals surface area contributed by atoms with Gasteiger partial charge >= 0.3 is 0 Å². The van der Waals surface area contributed by atoms with Crippen LogP contribution in [0.2, 0.25) is 0 Å². The number of ether oxygens (including phenoxy) is 2. The average molecular weight is 425 g/mol. The number of methoxy groups -OCH3 is 2. The van der Waals surface area contributed by atoms with E-state index >= 15 is 0 Å². The van der Waals surface area contributed by atoms with E-state index in [0.717, 1.165) is 15.6 Å². The molecule has 0 aliphatic carbocycles. The molecule has 0 spiro atoms. The fraction of sp³-hybridized carbons (Fsp3) is 0.278. The summed E-state index contributed by atoms with van der Waals surface area (Å²) < 4.78 is 11.5. The molecule has 0 unspecified atom stereocenters. The van der Waals surface area contributed by atoms with Crippen molar-refractivity contribution in [3.8, 4) is 11.5 Å². The summed E-state index contributed by atoms with van der Waals surface area (Å²) in [5.41, 5.74) is 1.68. The van der Waals surface area contributed by atoms with Crippen molar-refractivity contribution in [1.82, 2.24) is 5.32 Å². The zero-order chi connectivity index (χ0) is 16.8. The minimum absolute atomic E-state index is 0.0726. The number of halogens is 1. The van der Waals surface area contributed by atoms with E-state index in [0.29, 0.717) is 17.1 Å². The zero-order valence-corrected chi connectivity index (χ0v) is 15.6. The van der Waals surface area contributed by atoms with Crippen molar-refractivity contribution in [3.63, 3.8) is 0 Å². The van der Waals surface area contributed by atoms with Crippen molar-refractivity contribution in [2.45, 2.75) is 19.4 Å². The van der Waals surface area contributed by atoms with Crippen LogP contribution in [-0.2, 0) is 0 Å². The van der Waals surface area contributed by atoms with Gasteiger partial charge in [0.05, 0.1) is 25.8 Å². The third kappa shape index (κ3) is 4.16. The second kappa shape index (κ2) is 8.19. The monoisotopic (exact) mass is 425 g/mol. The van der Waals surface area contributed by atoms with Gasteiger partial charge in [-0.05, 0) is 58.8 Å². The predicted molar refractivity (Wildman–Crippen MR) is 99.2 cm³/mol. The molecule has 1 atom stereocenters. The van der Waals surface area contributed by atoms with Gasteiger partial charge in [0.15, 0.2) is 11.5 Å². The largest absolute Gasteiger partial charge is 0.493 e. The van der Waals surface area contributed by atoms with Gasteiger partial charge in [-0.3, -0.25) is 4.79 Å². The quantitative estimate of drug-likeness (QED) is 0.707. The van der Waals surface area contributed by atoms with Crippen molar-refractivity contribution in [1.29, 1.82) is 0 Å². The van der Waals surface area contributed by atoms with Gasteiger partial charge in [0.1, 0.15) is 0 Å². The van der Waals surface area contributed by atoms with Crippen LogP contribution in [0.1, 0.15) is 35.3 Å². The number of carbonyl (C=O) groups is 1. The molecule has 0 heterocycles. The molecule has 5 heteroatoms. The van der Waals surface area contributed by atoms with E-state index in [2.05, 4.69) is 27.9 Å². The second-order valence-corrected chi connectivity index (χ2v) is 6.19. The minimum atomic E-state index is -0.0849. The Morgan fingerprint density at radius 1 is 1.13 bits per heavy atom. The van der Waals surface area contributed by atoms with Crippen LogP contribution in [0, 0.1) is 3.57 Å². The molecule has 122 valence electrons. The highest BCUT2D eigenvalue weighted by Crippen LogP contribution is 2.31. The molecule has 0 aliphatic rings. The van der Waals surface area contributed by atoms with Gasteiger partial charge in [-0.25, -0.2) is 0 Å². The lowest BCUT2D eigenvalue weighted by molar-refractivity contribution is 0.0934. The van der Waals surface area contributed by atoms with Crippen LogP contribution < -0.4 is 14.8 Å². The fourth-order valence-electron chi connectivity index (χ4n) is 2.37. The maximum atomic E-state index is 12.5. The summed E-state index contributed by atoms with van der Waals surface area (Å²) in [5.74, 6) is 1.26. The first kappa shape index (κ1) is 17.6. The molecule has 0 bridgehead atoms. The Balaban J connectivity index is 2.23. The molecule has 0 saturated carbocycles. The van der Waals surface area contributed by atoms with Crippen LogP contribution in [0.25, 0.3) is 0 Å². The summed E-state index contributed by atoms with van der Waals surface area (Å²) in [6.07, 6.45) is 0.782. The Hall–Kier alpha value is -1.76. The topological polar surface area (TPSA) is 47.6 Å². The summed E-state index contributed by atoms with van der Waals surface area (Å²) in [5, 5.41) is 3.09. The van der Waals surface area contributed by atoms with E-state index in [-0.39, 0.29) is 11.9 Å². The first-order valence-electron chi connectivity index (χ1n) is 7.38.